The largest absolute Gasteiger partial charge is 0.353 e. The van der Waals surface area contributed by atoms with Gasteiger partial charge in [-0.25, -0.2) is 0 Å². The molecule has 1 aromatic heterocycles. The second kappa shape index (κ2) is 5.10. The van der Waals surface area contributed by atoms with Gasteiger partial charge in [0.15, 0.2) is 6.29 Å². The number of benzene rings is 3. The van der Waals surface area contributed by atoms with Gasteiger partial charge in [-0.3, -0.25) is 4.79 Å². The third-order valence-electron chi connectivity index (χ3n) is 4.51. The molecule has 3 aromatic carbocycles. The average molecular weight is 299 g/mol. The maximum absolute atomic E-state index is 11.8. The van der Waals surface area contributed by atoms with Crippen LogP contribution < -0.4 is 0 Å². The van der Waals surface area contributed by atoms with Crippen LogP contribution in [0.2, 0.25) is 0 Å². The van der Waals surface area contributed by atoms with E-state index < -0.39 is 0 Å². The molecule has 0 aliphatic heterocycles. The van der Waals surface area contributed by atoms with E-state index in [1.807, 2.05) is 18.2 Å². The number of fused-ring (bicyclic) bond motifs is 3. The van der Waals surface area contributed by atoms with Crippen molar-refractivity contribution < 1.29 is 4.79 Å². The molecule has 0 aliphatic rings. The molecule has 0 bridgehead atoms. The number of rotatable bonds is 2. The van der Waals surface area contributed by atoms with Crippen LogP contribution in [0.4, 0.5) is 0 Å². The van der Waals surface area contributed by atoms with E-state index in [-0.39, 0.29) is 0 Å². The summed E-state index contributed by atoms with van der Waals surface area (Å²) in [6.45, 7) is 4.16. The molecule has 1 N–H and O–H groups in total. The van der Waals surface area contributed by atoms with Crippen molar-refractivity contribution in [3.63, 3.8) is 0 Å². The van der Waals surface area contributed by atoms with Crippen LogP contribution in [0.15, 0.2) is 54.6 Å². The molecule has 2 heteroatoms. The van der Waals surface area contributed by atoms with Gasteiger partial charge in [-0.1, -0.05) is 60.2 Å². The van der Waals surface area contributed by atoms with E-state index in [0.717, 1.165) is 39.4 Å². The highest BCUT2D eigenvalue weighted by atomic mass is 16.1. The topological polar surface area (TPSA) is 32.9 Å². The Hall–Kier alpha value is -2.87. The van der Waals surface area contributed by atoms with Crippen molar-refractivity contribution in [2.75, 3.05) is 0 Å². The van der Waals surface area contributed by atoms with Crippen LogP contribution in [-0.2, 0) is 0 Å². The van der Waals surface area contributed by atoms with Gasteiger partial charge in [0.05, 0.1) is 11.2 Å². The first-order valence-corrected chi connectivity index (χ1v) is 7.75. The van der Waals surface area contributed by atoms with Gasteiger partial charge in [-0.15, -0.1) is 0 Å². The van der Waals surface area contributed by atoms with Crippen molar-refractivity contribution in [2.45, 2.75) is 13.8 Å². The molecule has 0 atom stereocenters. The predicted molar refractivity (Wildman–Crippen MR) is 96.1 cm³/mol. The van der Waals surface area contributed by atoms with Crippen LogP contribution >= 0.6 is 0 Å². The van der Waals surface area contributed by atoms with Gasteiger partial charge in [0.1, 0.15) is 0 Å². The number of aryl methyl sites for hydroxylation is 2. The van der Waals surface area contributed by atoms with Crippen molar-refractivity contribution in [1.29, 1.82) is 0 Å². The lowest BCUT2D eigenvalue weighted by Gasteiger charge is -2.06. The summed E-state index contributed by atoms with van der Waals surface area (Å²) in [6, 6.07) is 18.7. The van der Waals surface area contributed by atoms with Crippen LogP contribution in [0.5, 0.6) is 0 Å². The molecule has 0 amide bonds. The smallest absolute Gasteiger partial charge is 0.152 e. The van der Waals surface area contributed by atoms with Gasteiger partial charge in [0.25, 0.3) is 0 Å². The zero-order valence-electron chi connectivity index (χ0n) is 13.2. The fraction of sp³-hybridized carbons (Fsp3) is 0.0952. The molecule has 0 saturated carbocycles. The Morgan fingerprint density at radius 3 is 2.52 bits per heavy atom. The fourth-order valence-electron chi connectivity index (χ4n) is 3.39. The second-order valence-corrected chi connectivity index (χ2v) is 6.06. The Bertz CT molecular complexity index is 1060. The summed E-state index contributed by atoms with van der Waals surface area (Å²) in [6.07, 6.45) is 0.961. The molecule has 0 fully saturated rings. The maximum atomic E-state index is 11.8. The van der Waals surface area contributed by atoms with E-state index in [2.05, 4.69) is 55.2 Å². The summed E-state index contributed by atoms with van der Waals surface area (Å²) < 4.78 is 0. The Labute approximate surface area is 134 Å². The SMILES string of the molecule is Cc1ccc(-c2[nH]c3c(ccc4ccccc43)c2C=O)c(C)c1. The molecule has 0 unspecified atom stereocenters. The minimum atomic E-state index is 0.734. The Morgan fingerprint density at radius 2 is 1.74 bits per heavy atom. The first-order chi connectivity index (χ1) is 11.2. The number of aromatic amines is 1. The van der Waals surface area contributed by atoms with Gasteiger partial charge < -0.3 is 4.98 Å². The van der Waals surface area contributed by atoms with E-state index in [0.29, 0.717) is 0 Å². The number of hydrogen-bond acceptors (Lipinski definition) is 1. The van der Waals surface area contributed by atoms with Gasteiger partial charge in [-0.05, 0) is 24.8 Å². The van der Waals surface area contributed by atoms with Crippen LogP contribution in [0.1, 0.15) is 21.5 Å². The highest BCUT2D eigenvalue weighted by Gasteiger charge is 2.15. The van der Waals surface area contributed by atoms with Crippen LogP contribution in [0.3, 0.4) is 0 Å². The van der Waals surface area contributed by atoms with E-state index in [4.69, 9.17) is 0 Å². The monoisotopic (exact) mass is 299 g/mol. The van der Waals surface area contributed by atoms with E-state index in [1.54, 1.807) is 0 Å². The molecule has 0 spiro atoms. The van der Waals surface area contributed by atoms with Crippen molar-refractivity contribution >= 4 is 28.0 Å². The number of aromatic nitrogens is 1. The standard InChI is InChI=1S/C21H17NO/c1-13-7-9-16(14(2)11-13)20-19(12-23)18-10-8-15-5-3-4-6-17(15)21(18)22-20/h3-12,22H,1-2H3. The number of carbonyl (C=O) groups excluding carboxylic acids is 1. The van der Waals surface area contributed by atoms with Gasteiger partial charge >= 0.3 is 0 Å². The number of nitrogens with one attached hydrogen (secondary N) is 1. The Morgan fingerprint density at radius 1 is 0.913 bits per heavy atom. The zero-order chi connectivity index (χ0) is 16.0. The molecule has 0 aliphatic carbocycles. The summed E-state index contributed by atoms with van der Waals surface area (Å²) in [5, 5.41) is 3.30. The number of hydrogen-bond donors (Lipinski definition) is 1. The molecular weight excluding hydrogens is 282 g/mol. The first kappa shape index (κ1) is 13.8. The molecule has 0 radical (unpaired) electrons. The maximum Gasteiger partial charge on any atom is 0.152 e. The summed E-state index contributed by atoms with van der Waals surface area (Å²) in [5.41, 5.74) is 6.14. The lowest BCUT2D eigenvalue weighted by molar-refractivity contribution is 0.112. The third kappa shape index (κ3) is 2.07. The quantitative estimate of drug-likeness (QED) is 0.493. The minimum Gasteiger partial charge on any atom is -0.353 e. The number of carbonyl (C=O) groups is 1. The van der Waals surface area contributed by atoms with Gasteiger partial charge in [0.2, 0.25) is 0 Å². The van der Waals surface area contributed by atoms with Crippen molar-refractivity contribution in [3.05, 3.63) is 71.3 Å². The van der Waals surface area contributed by atoms with Gasteiger partial charge in [-0.2, -0.15) is 0 Å². The number of aldehydes is 1. The summed E-state index contributed by atoms with van der Waals surface area (Å²) in [7, 11) is 0. The highest BCUT2D eigenvalue weighted by molar-refractivity contribution is 6.14. The van der Waals surface area contributed by atoms with Crippen molar-refractivity contribution in [2.24, 2.45) is 0 Å². The molecular formula is C21H17NO. The minimum absolute atomic E-state index is 0.734. The fourth-order valence-corrected chi connectivity index (χ4v) is 3.39. The normalized spacial score (nSPS) is 11.2. The Balaban J connectivity index is 2.11. The van der Waals surface area contributed by atoms with Crippen molar-refractivity contribution in [3.8, 4) is 11.3 Å². The van der Waals surface area contributed by atoms with Gasteiger partial charge in [0, 0.05) is 21.9 Å². The molecule has 23 heavy (non-hydrogen) atoms. The van der Waals surface area contributed by atoms with Crippen molar-refractivity contribution in [1.82, 2.24) is 4.98 Å². The molecule has 4 aromatic rings. The molecule has 1 heterocycles. The highest BCUT2D eigenvalue weighted by Crippen LogP contribution is 2.34. The second-order valence-electron chi connectivity index (χ2n) is 6.06. The molecule has 112 valence electrons. The summed E-state index contributed by atoms with van der Waals surface area (Å²) in [4.78, 5) is 15.3. The Kier molecular flexibility index (Phi) is 3.05. The van der Waals surface area contributed by atoms with Crippen LogP contribution in [0.25, 0.3) is 32.9 Å². The molecule has 0 saturated heterocycles. The lowest BCUT2D eigenvalue weighted by Crippen LogP contribution is -1.89. The van der Waals surface area contributed by atoms with E-state index in [1.165, 1.54) is 16.5 Å². The third-order valence-corrected chi connectivity index (χ3v) is 4.51. The average Bonchev–Trinajstić information content (AvgIpc) is 2.93. The van der Waals surface area contributed by atoms with E-state index >= 15 is 0 Å². The van der Waals surface area contributed by atoms with E-state index in [9.17, 15) is 4.79 Å². The zero-order valence-corrected chi connectivity index (χ0v) is 13.2. The van der Waals surface area contributed by atoms with Crippen LogP contribution in [0, 0.1) is 13.8 Å². The predicted octanol–water partition coefficient (Wildman–Crippen LogP) is 5.42. The first-order valence-electron chi connectivity index (χ1n) is 7.75. The summed E-state index contributed by atoms with van der Waals surface area (Å²) in [5.74, 6) is 0. The molecule has 4 rings (SSSR count). The lowest BCUT2D eigenvalue weighted by atomic mass is 9.99. The van der Waals surface area contributed by atoms with Crippen LogP contribution in [-0.4, -0.2) is 11.3 Å². The number of H-pyrrole nitrogens is 1. The molecule has 2 nitrogen and oxygen atoms in total. The summed E-state index contributed by atoms with van der Waals surface area (Å²) >= 11 is 0.